The number of hydrogen-bond donors (Lipinski definition) is 1. The molecule has 1 atom stereocenters. The molecule has 0 aliphatic heterocycles. The van der Waals surface area contributed by atoms with E-state index in [4.69, 9.17) is 0 Å². The molecule has 1 heteroatoms. The standard InChI is InChI=1S/C20H34O/c1-6-7-8-9-10-11-20(21)18-13-12-17(15(2)3)14-19(18)16(4)5/h12-16,20-21H,6-11H2,1-5H3. The van der Waals surface area contributed by atoms with E-state index in [1.165, 1.54) is 36.8 Å². The Bertz CT molecular complexity index is 406. The van der Waals surface area contributed by atoms with E-state index in [-0.39, 0.29) is 6.10 Å². The van der Waals surface area contributed by atoms with E-state index in [1.807, 2.05) is 0 Å². The monoisotopic (exact) mass is 290 g/mol. The quantitative estimate of drug-likeness (QED) is 0.527. The van der Waals surface area contributed by atoms with E-state index in [0.29, 0.717) is 11.8 Å². The molecule has 0 aromatic heterocycles. The highest BCUT2D eigenvalue weighted by Gasteiger charge is 2.15. The maximum absolute atomic E-state index is 10.5. The fraction of sp³-hybridized carbons (Fsp3) is 0.700. The average molecular weight is 290 g/mol. The Morgan fingerprint density at radius 3 is 2.10 bits per heavy atom. The third-order valence-corrected chi connectivity index (χ3v) is 4.34. The number of hydrogen-bond acceptors (Lipinski definition) is 1. The van der Waals surface area contributed by atoms with Gasteiger partial charge in [-0.25, -0.2) is 0 Å². The molecule has 0 amide bonds. The fourth-order valence-electron chi connectivity index (χ4n) is 2.85. The number of aliphatic hydroxyl groups excluding tert-OH is 1. The van der Waals surface area contributed by atoms with Crippen molar-refractivity contribution in [1.82, 2.24) is 0 Å². The lowest BCUT2D eigenvalue weighted by Gasteiger charge is -2.20. The summed E-state index contributed by atoms with van der Waals surface area (Å²) in [6.45, 7) is 11.1. The number of rotatable bonds is 9. The van der Waals surface area contributed by atoms with Crippen molar-refractivity contribution in [3.63, 3.8) is 0 Å². The Kier molecular flexibility index (Phi) is 8.03. The zero-order valence-electron chi connectivity index (χ0n) is 14.7. The predicted molar refractivity (Wildman–Crippen MR) is 93.0 cm³/mol. The first-order chi connectivity index (χ1) is 9.97. The summed E-state index contributed by atoms with van der Waals surface area (Å²) in [6.07, 6.45) is 6.85. The average Bonchev–Trinajstić information content (AvgIpc) is 2.46. The molecule has 0 radical (unpaired) electrons. The van der Waals surface area contributed by atoms with Gasteiger partial charge in [0.15, 0.2) is 0 Å². The first-order valence-corrected chi connectivity index (χ1v) is 8.79. The van der Waals surface area contributed by atoms with Crippen LogP contribution in [0.5, 0.6) is 0 Å². The number of aliphatic hydroxyl groups is 1. The fourth-order valence-corrected chi connectivity index (χ4v) is 2.85. The topological polar surface area (TPSA) is 20.2 Å². The molecule has 0 aliphatic rings. The summed E-state index contributed by atoms with van der Waals surface area (Å²) in [4.78, 5) is 0. The van der Waals surface area contributed by atoms with Crippen LogP contribution in [0.2, 0.25) is 0 Å². The lowest BCUT2D eigenvalue weighted by molar-refractivity contribution is 0.162. The molecule has 1 aromatic rings. The van der Waals surface area contributed by atoms with Crippen molar-refractivity contribution in [2.75, 3.05) is 0 Å². The zero-order valence-corrected chi connectivity index (χ0v) is 14.7. The van der Waals surface area contributed by atoms with Crippen LogP contribution in [0.15, 0.2) is 18.2 Å². The molecule has 21 heavy (non-hydrogen) atoms. The van der Waals surface area contributed by atoms with Crippen molar-refractivity contribution in [3.05, 3.63) is 34.9 Å². The lowest BCUT2D eigenvalue weighted by atomic mass is 9.88. The van der Waals surface area contributed by atoms with E-state index in [0.717, 1.165) is 18.4 Å². The number of benzene rings is 1. The van der Waals surface area contributed by atoms with Crippen LogP contribution in [0.25, 0.3) is 0 Å². The van der Waals surface area contributed by atoms with Crippen molar-refractivity contribution >= 4 is 0 Å². The van der Waals surface area contributed by atoms with E-state index >= 15 is 0 Å². The maximum Gasteiger partial charge on any atom is 0.0792 e. The van der Waals surface area contributed by atoms with Crippen molar-refractivity contribution in [3.8, 4) is 0 Å². The predicted octanol–water partition coefficient (Wildman–Crippen LogP) is 6.33. The highest BCUT2D eigenvalue weighted by Crippen LogP contribution is 2.31. The molecule has 0 fully saturated rings. The second-order valence-corrected chi connectivity index (χ2v) is 6.92. The van der Waals surface area contributed by atoms with Gasteiger partial charge in [-0.05, 0) is 34.9 Å². The van der Waals surface area contributed by atoms with Gasteiger partial charge in [-0.1, -0.05) is 84.9 Å². The van der Waals surface area contributed by atoms with Crippen molar-refractivity contribution in [1.29, 1.82) is 0 Å². The largest absolute Gasteiger partial charge is 0.388 e. The molecule has 1 rings (SSSR count). The van der Waals surface area contributed by atoms with Crippen molar-refractivity contribution in [2.45, 2.75) is 91.1 Å². The van der Waals surface area contributed by atoms with Gasteiger partial charge in [0.2, 0.25) is 0 Å². The first-order valence-electron chi connectivity index (χ1n) is 8.79. The van der Waals surface area contributed by atoms with Crippen LogP contribution >= 0.6 is 0 Å². The van der Waals surface area contributed by atoms with E-state index < -0.39 is 0 Å². The molecule has 0 bridgehead atoms. The highest BCUT2D eigenvalue weighted by atomic mass is 16.3. The Labute approximate surface area is 131 Å². The molecule has 0 heterocycles. The smallest absolute Gasteiger partial charge is 0.0792 e. The normalized spacial score (nSPS) is 13.1. The van der Waals surface area contributed by atoms with Crippen LogP contribution in [-0.4, -0.2) is 5.11 Å². The second-order valence-electron chi connectivity index (χ2n) is 6.92. The molecule has 0 saturated heterocycles. The molecular formula is C20H34O. The van der Waals surface area contributed by atoms with E-state index in [9.17, 15) is 5.11 Å². The van der Waals surface area contributed by atoms with Crippen LogP contribution in [0.4, 0.5) is 0 Å². The van der Waals surface area contributed by atoms with Crippen molar-refractivity contribution in [2.24, 2.45) is 0 Å². The maximum atomic E-state index is 10.5. The third kappa shape index (κ3) is 5.82. The molecular weight excluding hydrogens is 256 g/mol. The van der Waals surface area contributed by atoms with Crippen LogP contribution < -0.4 is 0 Å². The summed E-state index contributed by atoms with van der Waals surface area (Å²) in [6, 6.07) is 6.64. The number of unbranched alkanes of at least 4 members (excludes halogenated alkanes) is 4. The van der Waals surface area contributed by atoms with Gasteiger partial charge in [0.1, 0.15) is 0 Å². The lowest BCUT2D eigenvalue weighted by Crippen LogP contribution is -2.05. The van der Waals surface area contributed by atoms with Crippen LogP contribution in [0.3, 0.4) is 0 Å². The van der Waals surface area contributed by atoms with Crippen LogP contribution in [0, 0.1) is 0 Å². The molecule has 0 saturated carbocycles. The Hall–Kier alpha value is -0.820. The molecule has 0 aliphatic carbocycles. The summed E-state index contributed by atoms with van der Waals surface area (Å²) >= 11 is 0. The van der Waals surface area contributed by atoms with Gasteiger partial charge >= 0.3 is 0 Å². The summed E-state index contributed by atoms with van der Waals surface area (Å²) in [5.41, 5.74) is 3.84. The van der Waals surface area contributed by atoms with E-state index in [1.54, 1.807) is 0 Å². The highest BCUT2D eigenvalue weighted by molar-refractivity contribution is 5.36. The van der Waals surface area contributed by atoms with E-state index in [2.05, 4.69) is 52.8 Å². The first kappa shape index (κ1) is 18.2. The molecule has 1 nitrogen and oxygen atoms in total. The van der Waals surface area contributed by atoms with Crippen LogP contribution in [0.1, 0.15) is 108 Å². The SMILES string of the molecule is CCCCCCCC(O)c1ccc(C(C)C)cc1C(C)C. The second kappa shape index (κ2) is 9.25. The minimum Gasteiger partial charge on any atom is -0.388 e. The summed E-state index contributed by atoms with van der Waals surface area (Å²) in [7, 11) is 0. The Morgan fingerprint density at radius 1 is 0.857 bits per heavy atom. The summed E-state index contributed by atoms with van der Waals surface area (Å²) in [5.74, 6) is 1.01. The Morgan fingerprint density at radius 2 is 1.52 bits per heavy atom. The summed E-state index contributed by atoms with van der Waals surface area (Å²) < 4.78 is 0. The van der Waals surface area contributed by atoms with Crippen LogP contribution in [-0.2, 0) is 0 Å². The molecule has 120 valence electrons. The van der Waals surface area contributed by atoms with Gasteiger partial charge in [0.05, 0.1) is 6.10 Å². The summed E-state index contributed by atoms with van der Waals surface area (Å²) in [5, 5.41) is 10.5. The van der Waals surface area contributed by atoms with Gasteiger partial charge in [-0.3, -0.25) is 0 Å². The van der Waals surface area contributed by atoms with Crippen molar-refractivity contribution < 1.29 is 5.11 Å². The van der Waals surface area contributed by atoms with Gasteiger partial charge in [-0.2, -0.15) is 0 Å². The molecule has 1 unspecified atom stereocenters. The van der Waals surface area contributed by atoms with Gasteiger partial charge in [-0.15, -0.1) is 0 Å². The van der Waals surface area contributed by atoms with Gasteiger partial charge < -0.3 is 5.11 Å². The minimum absolute atomic E-state index is 0.301. The molecule has 1 aromatic carbocycles. The molecule has 1 N–H and O–H groups in total. The molecule has 0 spiro atoms. The third-order valence-electron chi connectivity index (χ3n) is 4.34. The van der Waals surface area contributed by atoms with Gasteiger partial charge in [0.25, 0.3) is 0 Å². The zero-order chi connectivity index (χ0) is 15.8. The minimum atomic E-state index is -0.301. The Balaban J connectivity index is 2.71. The van der Waals surface area contributed by atoms with Gasteiger partial charge in [0, 0.05) is 0 Å².